The fourth-order valence-corrected chi connectivity index (χ4v) is 2.82. The Balaban J connectivity index is 1.69. The Morgan fingerprint density at radius 1 is 1.21 bits per heavy atom. The molecule has 0 radical (unpaired) electrons. The molecule has 2 saturated heterocycles. The molecule has 0 N–H and O–H groups in total. The van der Waals surface area contributed by atoms with Gasteiger partial charge in [0.15, 0.2) is 0 Å². The number of rotatable bonds is 5. The molecule has 1 atom stereocenters. The number of likely N-dealkylation sites (tertiary alicyclic amines) is 1. The maximum Gasteiger partial charge on any atom is 0.310 e. The van der Waals surface area contributed by atoms with E-state index in [1.54, 1.807) is 0 Å². The zero-order chi connectivity index (χ0) is 13.5. The van der Waals surface area contributed by atoms with Crippen molar-refractivity contribution in [2.45, 2.75) is 19.8 Å². The van der Waals surface area contributed by atoms with E-state index < -0.39 is 0 Å². The van der Waals surface area contributed by atoms with Crippen LogP contribution in [0.5, 0.6) is 0 Å². The number of carbonyl (C=O) groups excluding carboxylic acids is 1. The van der Waals surface area contributed by atoms with Crippen molar-refractivity contribution in [3.8, 4) is 0 Å². The molecule has 0 spiro atoms. The van der Waals surface area contributed by atoms with Crippen LogP contribution in [0, 0.1) is 5.92 Å². The maximum atomic E-state index is 11.8. The van der Waals surface area contributed by atoms with Gasteiger partial charge in [-0.15, -0.1) is 0 Å². The third kappa shape index (κ3) is 4.75. The van der Waals surface area contributed by atoms with Crippen LogP contribution in [0.25, 0.3) is 0 Å². The first-order chi connectivity index (χ1) is 9.29. The number of piperidine rings is 1. The van der Waals surface area contributed by atoms with Crippen LogP contribution >= 0.6 is 0 Å². The van der Waals surface area contributed by atoms with Crippen molar-refractivity contribution in [2.75, 3.05) is 59.1 Å². The monoisotopic (exact) mass is 270 g/mol. The number of carbonyl (C=O) groups is 1. The summed E-state index contributed by atoms with van der Waals surface area (Å²) in [4.78, 5) is 16.6. The first-order valence-electron chi connectivity index (χ1n) is 7.48. The molecule has 2 fully saturated rings. The molecular weight excluding hydrogens is 244 g/mol. The molecule has 19 heavy (non-hydrogen) atoms. The Morgan fingerprint density at radius 2 is 1.95 bits per heavy atom. The number of esters is 1. The van der Waals surface area contributed by atoms with E-state index in [0.29, 0.717) is 6.61 Å². The minimum Gasteiger partial charge on any atom is -0.466 e. The highest BCUT2D eigenvalue weighted by Crippen LogP contribution is 2.17. The number of hydrogen-bond acceptors (Lipinski definition) is 5. The minimum absolute atomic E-state index is 0.0152. The average Bonchev–Trinajstić information content (AvgIpc) is 2.47. The Kier molecular flexibility index (Phi) is 6.07. The van der Waals surface area contributed by atoms with Crippen molar-refractivity contribution in [3.05, 3.63) is 0 Å². The van der Waals surface area contributed by atoms with Crippen LogP contribution in [0.2, 0.25) is 0 Å². The van der Waals surface area contributed by atoms with Gasteiger partial charge in [0, 0.05) is 32.7 Å². The van der Waals surface area contributed by atoms with E-state index in [1.165, 1.54) is 0 Å². The van der Waals surface area contributed by atoms with Crippen LogP contribution < -0.4 is 0 Å². The SMILES string of the molecule is CCOC(=O)[C@@H]1CCCN(CCN2CCOCC2)C1. The van der Waals surface area contributed by atoms with E-state index in [4.69, 9.17) is 9.47 Å². The van der Waals surface area contributed by atoms with Crippen molar-refractivity contribution in [2.24, 2.45) is 5.92 Å². The summed E-state index contributed by atoms with van der Waals surface area (Å²) in [6, 6.07) is 0. The second-order valence-corrected chi connectivity index (χ2v) is 5.35. The molecule has 0 saturated carbocycles. The van der Waals surface area contributed by atoms with E-state index in [2.05, 4.69) is 9.80 Å². The Morgan fingerprint density at radius 3 is 2.68 bits per heavy atom. The highest BCUT2D eigenvalue weighted by molar-refractivity contribution is 5.72. The summed E-state index contributed by atoms with van der Waals surface area (Å²) in [5, 5.41) is 0. The molecule has 5 heteroatoms. The van der Waals surface area contributed by atoms with Crippen molar-refractivity contribution in [3.63, 3.8) is 0 Å². The lowest BCUT2D eigenvalue weighted by atomic mass is 9.98. The normalized spacial score (nSPS) is 26.3. The third-order valence-electron chi connectivity index (χ3n) is 3.96. The van der Waals surface area contributed by atoms with E-state index in [1.807, 2.05) is 6.92 Å². The number of hydrogen-bond donors (Lipinski definition) is 0. The van der Waals surface area contributed by atoms with Gasteiger partial charge < -0.3 is 14.4 Å². The van der Waals surface area contributed by atoms with E-state index >= 15 is 0 Å². The first-order valence-corrected chi connectivity index (χ1v) is 7.48. The number of nitrogens with zero attached hydrogens (tertiary/aromatic N) is 2. The predicted molar refractivity (Wildman–Crippen MR) is 73.1 cm³/mol. The third-order valence-corrected chi connectivity index (χ3v) is 3.96. The van der Waals surface area contributed by atoms with Crippen LogP contribution in [0.4, 0.5) is 0 Å². The second kappa shape index (κ2) is 7.82. The molecule has 2 rings (SSSR count). The molecule has 0 bridgehead atoms. The van der Waals surface area contributed by atoms with E-state index in [-0.39, 0.29) is 11.9 Å². The van der Waals surface area contributed by atoms with Gasteiger partial charge in [-0.05, 0) is 26.3 Å². The highest BCUT2D eigenvalue weighted by Gasteiger charge is 2.26. The van der Waals surface area contributed by atoms with Crippen molar-refractivity contribution < 1.29 is 14.3 Å². The molecule has 0 aromatic heterocycles. The van der Waals surface area contributed by atoms with Crippen molar-refractivity contribution in [1.29, 1.82) is 0 Å². The fraction of sp³-hybridized carbons (Fsp3) is 0.929. The Labute approximate surface area is 115 Å². The quantitative estimate of drug-likeness (QED) is 0.684. The summed E-state index contributed by atoms with van der Waals surface area (Å²) in [6.07, 6.45) is 2.08. The summed E-state index contributed by atoms with van der Waals surface area (Å²) in [5.74, 6) is 0.0666. The van der Waals surface area contributed by atoms with Gasteiger partial charge in [0.2, 0.25) is 0 Å². The molecular formula is C14H26N2O3. The number of morpholine rings is 1. The standard InChI is InChI=1S/C14H26N2O3/c1-2-19-14(17)13-4-3-5-16(12-13)7-6-15-8-10-18-11-9-15/h13H,2-12H2,1H3/t13-/m1/s1. The van der Waals surface area contributed by atoms with Gasteiger partial charge in [-0.2, -0.15) is 0 Å². The topological polar surface area (TPSA) is 42.0 Å². The lowest BCUT2D eigenvalue weighted by Crippen LogP contribution is -2.45. The van der Waals surface area contributed by atoms with Crippen LogP contribution in [0.1, 0.15) is 19.8 Å². The van der Waals surface area contributed by atoms with Crippen LogP contribution in [-0.2, 0) is 14.3 Å². The van der Waals surface area contributed by atoms with Gasteiger partial charge in [-0.1, -0.05) is 0 Å². The fourth-order valence-electron chi connectivity index (χ4n) is 2.82. The van der Waals surface area contributed by atoms with Gasteiger partial charge in [-0.25, -0.2) is 0 Å². The van der Waals surface area contributed by atoms with Crippen LogP contribution in [-0.4, -0.2) is 74.9 Å². The van der Waals surface area contributed by atoms with Crippen molar-refractivity contribution >= 4 is 5.97 Å². The summed E-state index contributed by atoms with van der Waals surface area (Å²) in [5.41, 5.74) is 0. The largest absolute Gasteiger partial charge is 0.466 e. The van der Waals surface area contributed by atoms with Gasteiger partial charge in [-0.3, -0.25) is 9.69 Å². The first kappa shape index (κ1) is 14.8. The summed E-state index contributed by atoms with van der Waals surface area (Å²) in [7, 11) is 0. The lowest BCUT2D eigenvalue weighted by molar-refractivity contribution is -0.149. The van der Waals surface area contributed by atoms with E-state index in [0.717, 1.165) is 65.3 Å². The molecule has 0 aromatic carbocycles. The zero-order valence-electron chi connectivity index (χ0n) is 12.0. The zero-order valence-corrected chi connectivity index (χ0v) is 12.0. The molecule has 0 unspecified atom stereocenters. The number of ether oxygens (including phenoxy) is 2. The molecule has 110 valence electrons. The smallest absolute Gasteiger partial charge is 0.310 e. The second-order valence-electron chi connectivity index (χ2n) is 5.35. The average molecular weight is 270 g/mol. The minimum atomic E-state index is -0.0152. The van der Waals surface area contributed by atoms with Gasteiger partial charge in [0.25, 0.3) is 0 Å². The summed E-state index contributed by atoms with van der Waals surface area (Å²) >= 11 is 0. The summed E-state index contributed by atoms with van der Waals surface area (Å²) in [6.45, 7) is 10.2. The molecule has 2 aliphatic heterocycles. The Bertz CT molecular complexity index is 280. The van der Waals surface area contributed by atoms with Crippen LogP contribution in [0.15, 0.2) is 0 Å². The highest BCUT2D eigenvalue weighted by atomic mass is 16.5. The van der Waals surface area contributed by atoms with E-state index in [9.17, 15) is 4.79 Å². The van der Waals surface area contributed by atoms with Crippen LogP contribution in [0.3, 0.4) is 0 Å². The molecule has 0 amide bonds. The van der Waals surface area contributed by atoms with Gasteiger partial charge >= 0.3 is 5.97 Å². The Hall–Kier alpha value is -0.650. The maximum absolute atomic E-state index is 11.8. The molecule has 2 aliphatic rings. The van der Waals surface area contributed by atoms with Gasteiger partial charge in [0.1, 0.15) is 0 Å². The molecule has 0 aromatic rings. The van der Waals surface area contributed by atoms with Crippen molar-refractivity contribution in [1.82, 2.24) is 9.80 Å². The summed E-state index contributed by atoms with van der Waals surface area (Å²) < 4.78 is 10.5. The molecule has 0 aliphatic carbocycles. The predicted octanol–water partition coefficient (Wildman–Crippen LogP) is 0.594. The lowest BCUT2D eigenvalue weighted by Gasteiger charge is -2.34. The van der Waals surface area contributed by atoms with Gasteiger partial charge in [0.05, 0.1) is 25.7 Å². The molecule has 5 nitrogen and oxygen atoms in total. The molecule has 2 heterocycles.